The second kappa shape index (κ2) is 10.8. The molecule has 1 aromatic rings. The average molecular weight is 247 g/mol. The highest BCUT2D eigenvalue weighted by molar-refractivity contribution is 5.63. The molecule has 1 rings (SSSR count). The predicted molar refractivity (Wildman–Crippen MR) is 81.5 cm³/mol. The zero-order valence-electron chi connectivity index (χ0n) is 11.6. The van der Waals surface area contributed by atoms with Crippen LogP contribution in [0.1, 0.15) is 25.0 Å². The van der Waals surface area contributed by atoms with Gasteiger partial charge in [0.05, 0.1) is 6.61 Å². The summed E-state index contributed by atoms with van der Waals surface area (Å²) in [5.74, 6) is 0. The normalized spacial score (nSPS) is 9.56. The number of aliphatic hydroxyl groups excluding tert-OH is 1. The van der Waals surface area contributed by atoms with Crippen LogP contribution in [0.3, 0.4) is 0 Å². The Labute approximate surface area is 111 Å². The van der Waals surface area contributed by atoms with Crippen molar-refractivity contribution in [3.63, 3.8) is 0 Å². The largest absolute Gasteiger partial charge is 0.395 e. The number of nitrogens with zero attached hydrogens (tertiary/aromatic N) is 1. The molecule has 2 heteroatoms. The van der Waals surface area contributed by atoms with Crippen molar-refractivity contribution in [2.45, 2.75) is 13.8 Å². The Hall–Kier alpha value is -1.38. The van der Waals surface area contributed by atoms with Crippen molar-refractivity contribution < 1.29 is 5.11 Å². The smallest absolute Gasteiger partial charge is 0.0558 e. The first-order valence-corrected chi connectivity index (χ1v) is 6.40. The minimum atomic E-state index is 0.279. The number of aliphatic hydroxyl groups is 1. The van der Waals surface area contributed by atoms with Gasteiger partial charge in [-0.3, -0.25) is 0 Å². The van der Waals surface area contributed by atoms with Crippen molar-refractivity contribution in [2.75, 3.05) is 26.2 Å². The van der Waals surface area contributed by atoms with Gasteiger partial charge in [0.2, 0.25) is 0 Å². The van der Waals surface area contributed by atoms with E-state index in [1.807, 2.05) is 36.4 Å². The zero-order valence-corrected chi connectivity index (χ0v) is 11.6. The first-order chi connectivity index (χ1) is 8.73. The van der Waals surface area contributed by atoms with Crippen molar-refractivity contribution in [2.24, 2.45) is 0 Å². The Bertz CT molecular complexity index is 316. The molecule has 0 radical (unpaired) electrons. The fourth-order valence-electron chi connectivity index (χ4n) is 1.56. The Balaban J connectivity index is 0.000000331. The molecule has 0 fully saturated rings. The zero-order chi connectivity index (χ0) is 13.8. The van der Waals surface area contributed by atoms with Crippen molar-refractivity contribution in [1.29, 1.82) is 0 Å². The molecule has 1 N–H and O–H groups in total. The Morgan fingerprint density at radius 3 is 1.72 bits per heavy atom. The lowest BCUT2D eigenvalue weighted by atomic mass is 10.1. The molecule has 100 valence electrons. The molecule has 0 aliphatic heterocycles. The topological polar surface area (TPSA) is 23.5 Å². The first-order valence-electron chi connectivity index (χ1n) is 6.40. The van der Waals surface area contributed by atoms with E-state index in [0.717, 1.165) is 30.8 Å². The molecule has 0 amide bonds. The van der Waals surface area contributed by atoms with Crippen molar-refractivity contribution in [1.82, 2.24) is 4.90 Å². The lowest BCUT2D eigenvalue weighted by Crippen LogP contribution is -2.25. The van der Waals surface area contributed by atoms with Crippen molar-refractivity contribution >= 4 is 12.2 Å². The quantitative estimate of drug-likeness (QED) is 0.834. The molecule has 0 saturated carbocycles. The second-order valence-electron chi connectivity index (χ2n) is 3.79. The summed E-state index contributed by atoms with van der Waals surface area (Å²) in [6.45, 7) is 14.7. The molecular weight excluding hydrogens is 222 g/mol. The molecule has 0 aliphatic rings. The van der Waals surface area contributed by atoms with Crippen molar-refractivity contribution in [3.05, 3.63) is 48.6 Å². The highest BCUT2D eigenvalue weighted by atomic mass is 16.3. The number of benzene rings is 1. The fourth-order valence-corrected chi connectivity index (χ4v) is 1.56. The molecule has 0 saturated heterocycles. The van der Waals surface area contributed by atoms with Gasteiger partial charge in [-0.25, -0.2) is 0 Å². The summed E-state index contributed by atoms with van der Waals surface area (Å²) in [5.41, 5.74) is 2.27. The summed E-state index contributed by atoms with van der Waals surface area (Å²) in [6.07, 6.45) is 3.66. The van der Waals surface area contributed by atoms with E-state index in [2.05, 4.69) is 31.9 Å². The third-order valence-electron chi connectivity index (χ3n) is 2.75. The lowest BCUT2D eigenvalue weighted by molar-refractivity contribution is 0.208. The van der Waals surface area contributed by atoms with Gasteiger partial charge in [0.1, 0.15) is 0 Å². The Kier molecular flexibility index (Phi) is 9.93. The summed E-state index contributed by atoms with van der Waals surface area (Å²) in [5, 5.41) is 8.46. The predicted octanol–water partition coefficient (Wildman–Crippen LogP) is 3.29. The fraction of sp³-hybridized carbons (Fsp3) is 0.375. The molecule has 0 heterocycles. The van der Waals surface area contributed by atoms with E-state index in [1.54, 1.807) is 0 Å². The van der Waals surface area contributed by atoms with Gasteiger partial charge in [0, 0.05) is 6.54 Å². The van der Waals surface area contributed by atoms with E-state index in [4.69, 9.17) is 5.11 Å². The van der Waals surface area contributed by atoms with Gasteiger partial charge < -0.3 is 10.0 Å². The van der Waals surface area contributed by atoms with E-state index in [9.17, 15) is 0 Å². The van der Waals surface area contributed by atoms with E-state index < -0.39 is 0 Å². The third kappa shape index (κ3) is 6.38. The van der Waals surface area contributed by atoms with Gasteiger partial charge in [-0.05, 0) is 24.2 Å². The van der Waals surface area contributed by atoms with Gasteiger partial charge >= 0.3 is 0 Å². The monoisotopic (exact) mass is 247 g/mol. The molecule has 0 bridgehead atoms. The van der Waals surface area contributed by atoms with E-state index >= 15 is 0 Å². The molecule has 0 aromatic heterocycles. The highest BCUT2D eigenvalue weighted by Gasteiger charge is 1.93. The first kappa shape index (κ1) is 16.6. The number of hydrogen-bond acceptors (Lipinski definition) is 2. The lowest BCUT2D eigenvalue weighted by Gasteiger charge is -2.15. The molecule has 18 heavy (non-hydrogen) atoms. The van der Waals surface area contributed by atoms with Crippen LogP contribution in [0.4, 0.5) is 0 Å². The van der Waals surface area contributed by atoms with Gasteiger partial charge in [-0.1, -0.05) is 63.4 Å². The summed E-state index contributed by atoms with van der Waals surface area (Å²) in [7, 11) is 0. The van der Waals surface area contributed by atoms with Crippen LogP contribution in [-0.4, -0.2) is 36.2 Å². The van der Waals surface area contributed by atoms with Crippen LogP contribution in [0.25, 0.3) is 12.2 Å². The summed E-state index contributed by atoms with van der Waals surface area (Å²) >= 11 is 0. The third-order valence-corrected chi connectivity index (χ3v) is 2.75. The molecule has 2 nitrogen and oxygen atoms in total. The minimum absolute atomic E-state index is 0.279. The summed E-state index contributed by atoms with van der Waals surface area (Å²) in [6, 6.07) is 8.02. The molecular formula is C16H25NO. The van der Waals surface area contributed by atoms with Gasteiger partial charge in [-0.2, -0.15) is 0 Å². The minimum Gasteiger partial charge on any atom is -0.395 e. The SMILES string of the molecule is C=Cc1ccccc1C=C.CCN(CC)CCO. The van der Waals surface area contributed by atoms with E-state index in [-0.39, 0.29) is 6.61 Å². The van der Waals surface area contributed by atoms with Crippen LogP contribution in [0.15, 0.2) is 37.4 Å². The molecule has 0 unspecified atom stereocenters. The Morgan fingerprint density at radius 1 is 1.06 bits per heavy atom. The van der Waals surface area contributed by atoms with E-state index in [0.29, 0.717) is 0 Å². The van der Waals surface area contributed by atoms with Crippen LogP contribution in [-0.2, 0) is 0 Å². The average Bonchev–Trinajstić information content (AvgIpc) is 2.45. The van der Waals surface area contributed by atoms with Crippen LogP contribution in [0, 0.1) is 0 Å². The maximum Gasteiger partial charge on any atom is 0.0558 e. The van der Waals surface area contributed by atoms with Crippen molar-refractivity contribution in [3.8, 4) is 0 Å². The summed E-state index contributed by atoms with van der Waals surface area (Å²) in [4.78, 5) is 2.18. The van der Waals surface area contributed by atoms with Gasteiger partial charge in [-0.15, -0.1) is 0 Å². The van der Waals surface area contributed by atoms with Crippen LogP contribution < -0.4 is 0 Å². The highest BCUT2D eigenvalue weighted by Crippen LogP contribution is 2.10. The number of likely N-dealkylation sites (N-methyl/N-ethyl adjacent to an activating group) is 1. The second-order valence-corrected chi connectivity index (χ2v) is 3.79. The number of hydrogen-bond donors (Lipinski definition) is 1. The summed E-state index contributed by atoms with van der Waals surface area (Å²) < 4.78 is 0. The number of rotatable bonds is 6. The maximum atomic E-state index is 8.46. The molecule has 0 spiro atoms. The van der Waals surface area contributed by atoms with Gasteiger partial charge in [0.15, 0.2) is 0 Å². The van der Waals surface area contributed by atoms with Crippen LogP contribution in [0.2, 0.25) is 0 Å². The van der Waals surface area contributed by atoms with Crippen LogP contribution in [0.5, 0.6) is 0 Å². The van der Waals surface area contributed by atoms with Crippen LogP contribution >= 0.6 is 0 Å². The standard InChI is InChI=1S/C10H10.C6H15NO/c1-3-9-7-5-6-8-10(9)4-2;1-3-7(4-2)5-6-8/h3-8H,1-2H2;8H,3-6H2,1-2H3. The van der Waals surface area contributed by atoms with E-state index in [1.165, 1.54) is 0 Å². The maximum absolute atomic E-state index is 8.46. The molecule has 0 atom stereocenters. The van der Waals surface area contributed by atoms with Gasteiger partial charge in [0.25, 0.3) is 0 Å². The molecule has 0 aliphatic carbocycles. The Morgan fingerprint density at radius 2 is 1.50 bits per heavy atom. The molecule has 1 aromatic carbocycles.